The van der Waals surface area contributed by atoms with Crippen molar-refractivity contribution in [2.75, 3.05) is 7.05 Å². The number of H-pyrrole nitrogens is 1. The maximum absolute atomic E-state index is 13.6. The molecule has 0 saturated heterocycles. The lowest BCUT2D eigenvalue weighted by Crippen LogP contribution is -2.28. The summed E-state index contributed by atoms with van der Waals surface area (Å²) in [6, 6.07) is 4.35. The number of aromatic nitrogens is 3. The summed E-state index contributed by atoms with van der Waals surface area (Å²) in [6.45, 7) is 0.283. The van der Waals surface area contributed by atoms with Gasteiger partial charge < -0.3 is 4.90 Å². The summed E-state index contributed by atoms with van der Waals surface area (Å²) in [5.74, 6) is -0.159. The first kappa shape index (κ1) is 13.5. The summed E-state index contributed by atoms with van der Waals surface area (Å²) < 4.78 is 13.6. The molecule has 0 aliphatic heterocycles. The average Bonchev–Trinajstić information content (AvgIpc) is 2.86. The summed E-state index contributed by atoms with van der Waals surface area (Å²) in [5.41, 5.74) is 0.207. The molecule has 0 unspecified atom stereocenters. The Morgan fingerprint density at radius 2 is 2.32 bits per heavy atom. The molecule has 1 amide bonds. The third kappa shape index (κ3) is 3.29. The number of hydrogen-bond acceptors (Lipinski definition) is 3. The van der Waals surface area contributed by atoms with Gasteiger partial charge in [0.05, 0.1) is 13.0 Å². The van der Waals surface area contributed by atoms with Gasteiger partial charge in [0, 0.05) is 17.6 Å². The molecule has 0 aliphatic rings. The third-order valence-electron chi connectivity index (χ3n) is 2.67. The number of hydrogen-bond donors (Lipinski definition) is 1. The molecule has 0 aliphatic carbocycles. The molecule has 1 aromatic heterocycles. The third-order valence-corrected chi connectivity index (χ3v) is 3.02. The van der Waals surface area contributed by atoms with Crippen LogP contribution >= 0.6 is 11.6 Å². The monoisotopic (exact) mass is 282 g/mol. The second-order valence-electron chi connectivity index (χ2n) is 4.06. The van der Waals surface area contributed by atoms with Crippen LogP contribution in [0.3, 0.4) is 0 Å². The van der Waals surface area contributed by atoms with E-state index in [-0.39, 0.29) is 29.5 Å². The second kappa shape index (κ2) is 5.79. The zero-order chi connectivity index (χ0) is 13.8. The first-order chi connectivity index (χ1) is 9.08. The minimum atomic E-state index is -0.478. The molecule has 0 bridgehead atoms. The topological polar surface area (TPSA) is 61.9 Å². The Morgan fingerprint density at radius 1 is 1.53 bits per heavy atom. The highest BCUT2D eigenvalue weighted by molar-refractivity contribution is 6.31. The van der Waals surface area contributed by atoms with Crippen molar-refractivity contribution in [3.63, 3.8) is 0 Å². The molecule has 2 rings (SSSR count). The smallest absolute Gasteiger partial charge is 0.227 e. The fourth-order valence-corrected chi connectivity index (χ4v) is 1.84. The van der Waals surface area contributed by atoms with Gasteiger partial charge in [-0.15, -0.1) is 0 Å². The number of carbonyl (C=O) groups excluding carboxylic acids is 1. The number of aromatic amines is 1. The van der Waals surface area contributed by atoms with Gasteiger partial charge in [-0.05, 0) is 12.1 Å². The number of rotatable bonds is 4. The lowest BCUT2D eigenvalue weighted by molar-refractivity contribution is -0.129. The lowest BCUT2D eigenvalue weighted by atomic mass is 10.1. The number of likely N-dealkylation sites (N-methyl/N-ethyl adjacent to an activating group) is 1. The highest BCUT2D eigenvalue weighted by atomic mass is 35.5. The fourth-order valence-electron chi connectivity index (χ4n) is 1.61. The fraction of sp³-hybridized carbons (Fsp3) is 0.250. The van der Waals surface area contributed by atoms with E-state index in [0.29, 0.717) is 5.82 Å². The average molecular weight is 283 g/mol. The number of amides is 1. The number of nitrogens with zero attached hydrogens (tertiary/aromatic N) is 3. The highest BCUT2D eigenvalue weighted by Crippen LogP contribution is 2.20. The summed E-state index contributed by atoms with van der Waals surface area (Å²) in [5, 5.41) is 6.60. The number of halogens is 2. The molecule has 1 N–H and O–H groups in total. The number of carbonyl (C=O) groups is 1. The van der Waals surface area contributed by atoms with E-state index in [1.807, 2.05) is 0 Å². The molecule has 0 spiro atoms. The van der Waals surface area contributed by atoms with Gasteiger partial charge in [-0.2, -0.15) is 5.10 Å². The second-order valence-corrected chi connectivity index (χ2v) is 4.47. The molecule has 5 nitrogen and oxygen atoms in total. The van der Waals surface area contributed by atoms with Crippen LogP contribution < -0.4 is 0 Å². The van der Waals surface area contributed by atoms with Crippen molar-refractivity contribution in [2.45, 2.75) is 13.0 Å². The Balaban J connectivity index is 2.04. The van der Waals surface area contributed by atoms with Gasteiger partial charge in [0.1, 0.15) is 18.0 Å². The molecule has 1 aromatic carbocycles. The zero-order valence-electron chi connectivity index (χ0n) is 10.2. The van der Waals surface area contributed by atoms with Gasteiger partial charge in [0.25, 0.3) is 0 Å². The zero-order valence-corrected chi connectivity index (χ0v) is 11.0. The van der Waals surface area contributed by atoms with Gasteiger partial charge in [-0.3, -0.25) is 9.89 Å². The van der Waals surface area contributed by atoms with Crippen molar-refractivity contribution < 1.29 is 9.18 Å². The standard InChI is InChI=1S/C12H12ClFN4O/c1-18(6-11-15-7-16-17-11)12(19)5-8-9(13)3-2-4-10(8)14/h2-4,7H,5-6H2,1H3,(H,15,16,17). The van der Waals surface area contributed by atoms with Crippen molar-refractivity contribution in [1.82, 2.24) is 20.1 Å². The summed E-state index contributed by atoms with van der Waals surface area (Å²) in [7, 11) is 1.61. The van der Waals surface area contributed by atoms with E-state index in [1.165, 1.54) is 23.4 Å². The van der Waals surface area contributed by atoms with Crippen LogP contribution in [-0.2, 0) is 17.8 Å². The molecule has 19 heavy (non-hydrogen) atoms. The van der Waals surface area contributed by atoms with Crippen molar-refractivity contribution in [3.05, 3.63) is 46.8 Å². The van der Waals surface area contributed by atoms with E-state index in [4.69, 9.17) is 11.6 Å². The summed E-state index contributed by atoms with van der Waals surface area (Å²) in [6.07, 6.45) is 1.28. The van der Waals surface area contributed by atoms with E-state index in [2.05, 4.69) is 15.2 Å². The minimum absolute atomic E-state index is 0.0872. The summed E-state index contributed by atoms with van der Waals surface area (Å²) in [4.78, 5) is 17.3. The Bertz CT molecular complexity index is 553. The van der Waals surface area contributed by atoms with Gasteiger partial charge in [0.15, 0.2) is 0 Å². The van der Waals surface area contributed by atoms with E-state index in [0.717, 1.165) is 0 Å². The van der Waals surface area contributed by atoms with Gasteiger partial charge in [-0.25, -0.2) is 9.37 Å². The van der Waals surface area contributed by atoms with Crippen LogP contribution in [0.15, 0.2) is 24.5 Å². The van der Waals surface area contributed by atoms with Crippen LogP contribution in [0.25, 0.3) is 0 Å². The Morgan fingerprint density at radius 3 is 2.95 bits per heavy atom. The Kier molecular flexibility index (Phi) is 4.11. The number of benzene rings is 1. The molecule has 1 heterocycles. The summed E-state index contributed by atoms with van der Waals surface area (Å²) >= 11 is 5.88. The molecule has 2 aromatic rings. The molecule has 0 saturated carbocycles. The SMILES string of the molecule is CN(Cc1ncn[nH]1)C(=O)Cc1c(F)cccc1Cl. The van der Waals surface area contributed by atoms with Crippen LogP contribution in [0.1, 0.15) is 11.4 Å². The van der Waals surface area contributed by atoms with Crippen LogP contribution in [0.4, 0.5) is 4.39 Å². The van der Waals surface area contributed by atoms with Crippen molar-refractivity contribution >= 4 is 17.5 Å². The predicted molar refractivity (Wildman–Crippen MR) is 68.0 cm³/mol. The predicted octanol–water partition coefficient (Wildman–Crippen LogP) is 1.80. The Hall–Kier alpha value is -1.95. The van der Waals surface area contributed by atoms with Crippen molar-refractivity contribution in [3.8, 4) is 0 Å². The van der Waals surface area contributed by atoms with E-state index < -0.39 is 5.82 Å². The minimum Gasteiger partial charge on any atom is -0.338 e. The van der Waals surface area contributed by atoms with Crippen LogP contribution in [0.5, 0.6) is 0 Å². The lowest BCUT2D eigenvalue weighted by Gasteiger charge is -2.16. The maximum Gasteiger partial charge on any atom is 0.227 e. The largest absolute Gasteiger partial charge is 0.338 e. The van der Waals surface area contributed by atoms with Gasteiger partial charge in [0.2, 0.25) is 5.91 Å². The molecule has 7 heteroatoms. The first-order valence-electron chi connectivity index (χ1n) is 5.59. The number of nitrogens with one attached hydrogen (secondary N) is 1. The van der Waals surface area contributed by atoms with Crippen molar-refractivity contribution in [1.29, 1.82) is 0 Å². The van der Waals surface area contributed by atoms with E-state index in [1.54, 1.807) is 13.1 Å². The molecule has 0 fully saturated rings. The van der Waals surface area contributed by atoms with Gasteiger partial charge >= 0.3 is 0 Å². The van der Waals surface area contributed by atoms with Crippen LogP contribution in [0, 0.1) is 5.82 Å². The van der Waals surface area contributed by atoms with Crippen LogP contribution in [0.2, 0.25) is 5.02 Å². The molecule has 0 radical (unpaired) electrons. The Labute approximate surface area is 114 Å². The maximum atomic E-state index is 13.6. The van der Waals surface area contributed by atoms with Crippen LogP contribution in [-0.4, -0.2) is 33.0 Å². The molecular formula is C12H12ClFN4O. The quantitative estimate of drug-likeness (QED) is 0.930. The molecular weight excluding hydrogens is 271 g/mol. The van der Waals surface area contributed by atoms with Crippen molar-refractivity contribution in [2.24, 2.45) is 0 Å². The molecule has 100 valence electrons. The first-order valence-corrected chi connectivity index (χ1v) is 5.97. The van der Waals surface area contributed by atoms with E-state index >= 15 is 0 Å². The highest BCUT2D eigenvalue weighted by Gasteiger charge is 2.16. The normalized spacial score (nSPS) is 10.5. The van der Waals surface area contributed by atoms with E-state index in [9.17, 15) is 9.18 Å². The molecule has 0 atom stereocenters. The van der Waals surface area contributed by atoms with Gasteiger partial charge in [-0.1, -0.05) is 17.7 Å².